The molecule has 0 spiro atoms. The van der Waals surface area contributed by atoms with E-state index in [1.807, 2.05) is 0 Å². The molecule has 2 fully saturated rings. The highest BCUT2D eigenvalue weighted by Crippen LogP contribution is 2.19. The van der Waals surface area contributed by atoms with E-state index in [1.54, 1.807) is 0 Å². The summed E-state index contributed by atoms with van der Waals surface area (Å²) in [5, 5.41) is 3.54. The average molecular weight is 282 g/mol. The van der Waals surface area contributed by atoms with Gasteiger partial charge in [0.05, 0.1) is 12.2 Å². The zero-order valence-electron chi connectivity index (χ0n) is 13.2. The molecule has 0 bridgehead atoms. The normalized spacial score (nSPS) is 35.0. The monoisotopic (exact) mass is 282 g/mol. The van der Waals surface area contributed by atoms with E-state index in [4.69, 9.17) is 4.74 Å². The topological polar surface area (TPSA) is 41.6 Å². The predicted octanol–water partition coefficient (Wildman–Crippen LogP) is 2.32. The van der Waals surface area contributed by atoms with Crippen LogP contribution in [0.3, 0.4) is 0 Å². The van der Waals surface area contributed by atoms with E-state index in [2.05, 4.69) is 31.0 Å². The fourth-order valence-corrected chi connectivity index (χ4v) is 3.57. The van der Waals surface area contributed by atoms with E-state index in [0.29, 0.717) is 36.6 Å². The summed E-state index contributed by atoms with van der Waals surface area (Å²) in [4.78, 5) is 14.3. The molecule has 0 radical (unpaired) electrons. The Morgan fingerprint density at radius 2 is 1.90 bits per heavy atom. The van der Waals surface area contributed by atoms with Gasteiger partial charge >= 0.3 is 0 Å². The molecule has 2 aliphatic rings. The molecule has 4 heteroatoms. The molecular weight excluding hydrogens is 252 g/mol. The van der Waals surface area contributed by atoms with Crippen LogP contribution < -0.4 is 5.32 Å². The Hall–Kier alpha value is -0.610. The first-order valence-corrected chi connectivity index (χ1v) is 8.24. The Labute approximate surface area is 123 Å². The van der Waals surface area contributed by atoms with Crippen LogP contribution in [0, 0.1) is 0 Å². The van der Waals surface area contributed by atoms with Crippen LogP contribution in [0.1, 0.15) is 59.3 Å². The van der Waals surface area contributed by atoms with Gasteiger partial charge in [0.15, 0.2) is 0 Å². The van der Waals surface area contributed by atoms with Crippen LogP contribution in [0.5, 0.6) is 0 Å². The molecule has 20 heavy (non-hydrogen) atoms. The van der Waals surface area contributed by atoms with Gasteiger partial charge in [0.25, 0.3) is 0 Å². The van der Waals surface area contributed by atoms with Crippen molar-refractivity contribution in [2.75, 3.05) is 13.1 Å². The first kappa shape index (κ1) is 15.8. The van der Waals surface area contributed by atoms with Crippen molar-refractivity contribution in [1.82, 2.24) is 10.2 Å². The molecule has 2 rings (SSSR count). The van der Waals surface area contributed by atoms with Gasteiger partial charge in [-0.3, -0.25) is 4.79 Å². The van der Waals surface area contributed by atoms with E-state index in [0.717, 1.165) is 32.4 Å². The summed E-state index contributed by atoms with van der Waals surface area (Å²) in [6.45, 7) is 8.18. The number of carbonyl (C=O) groups is 1. The number of carbonyl (C=O) groups excluding carboxylic acids is 1. The molecule has 2 aliphatic heterocycles. The van der Waals surface area contributed by atoms with Gasteiger partial charge in [-0.1, -0.05) is 0 Å². The third kappa shape index (κ3) is 4.45. The van der Waals surface area contributed by atoms with Gasteiger partial charge in [-0.05, 0) is 52.9 Å². The average Bonchev–Trinajstić information content (AvgIpc) is 2.38. The molecule has 2 saturated heterocycles. The fourth-order valence-electron chi connectivity index (χ4n) is 3.57. The molecule has 0 unspecified atom stereocenters. The lowest BCUT2D eigenvalue weighted by atomic mass is 9.99. The fraction of sp³-hybridized carbons (Fsp3) is 0.938. The number of likely N-dealkylation sites (tertiary alicyclic amines) is 1. The second-order valence-electron chi connectivity index (χ2n) is 6.56. The Morgan fingerprint density at radius 3 is 2.55 bits per heavy atom. The van der Waals surface area contributed by atoms with Gasteiger partial charge in [-0.15, -0.1) is 0 Å². The molecule has 0 aliphatic carbocycles. The zero-order valence-corrected chi connectivity index (χ0v) is 13.2. The SMILES string of the molecule is C[C@@H]1CC(NCCC(=O)N2CCCC[C@@H]2C)C[C@@H](C)O1. The summed E-state index contributed by atoms with van der Waals surface area (Å²) in [7, 11) is 0. The molecule has 0 aromatic rings. The number of hydrogen-bond donors (Lipinski definition) is 1. The number of piperidine rings is 1. The van der Waals surface area contributed by atoms with Crippen molar-refractivity contribution in [3.05, 3.63) is 0 Å². The molecule has 116 valence electrons. The molecular formula is C16H30N2O2. The van der Waals surface area contributed by atoms with Crippen molar-refractivity contribution in [2.45, 2.75) is 83.6 Å². The van der Waals surface area contributed by atoms with Gasteiger partial charge < -0.3 is 15.0 Å². The molecule has 1 amide bonds. The quantitative estimate of drug-likeness (QED) is 0.860. The van der Waals surface area contributed by atoms with Gasteiger partial charge in [0, 0.05) is 31.6 Å². The third-order valence-corrected chi connectivity index (χ3v) is 4.59. The van der Waals surface area contributed by atoms with Crippen LogP contribution in [0.2, 0.25) is 0 Å². The van der Waals surface area contributed by atoms with E-state index < -0.39 is 0 Å². The van der Waals surface area contributed by atoms with E-state index in [9.17, 15) is 4.79 Å². The van der Waals surface area contributed by atoms with Crippen LogP contribution >= 0.6 is 0 Å². The van der Waals surface area contributed by atoms with E-state index in [-0.39, 0.29) is 0 Å². The molecule has 2 heterocycles. The second-order valence-corrected chi connectivity index (χ2v) is 6.56. The summed E-state index contributed by atoms with van der Waals surface area (Å²) in [5.41, 5.74) is 0. The summed E-state index contributed by atoms with van der Waals surface area (Å²) >= 11 is 0. The van der Waals surface area contributed by atoms with Crippen molar-refractivity contribution in [3.8, 4) is 0 Å². The minimum absolute atomic E-state index is 0.317. The van der Waals surface area contributed by atoms with Gasteiger partial charge in [-0.25, -0.2) is 0 Å². The Morgan fingerprint density at radius 1 is 1.20 bits per heavy atom. The van der Waals surface area contributed by atoms with Crippen LogP contribution in [-0.4, -0.2) is 48.2 Å². The first-order valence-electron chi connectivity index (χ1n) is 8.24. The van der Waals surface area contributed by atoms with Crippen LogP contribution in [0.15, 0.2) is 0 Å². The lowest BCUT2D eigenvalue weighted by molar-refractivity contribution is -0.134. The predicted molar refractivity (Wildman–Crippen MR) is 80.7 cm³/mol. The maximum absolute atomic E-state index is 12.2. The minimum Gasteiger partial charge on any atom is -0.375 e. The number of rotatable bonds is 4. The Bertz CT molecular complexity index is 312. The number of nitrogens with zero attached hydrogens (tertiary/aromatic N) is 1. The summed E-state index contributed by atoms with van der Waals surface area (Å²) in [6.07, 6.45) is 6.98. The van der Waals surface area contributed by atoms with Crippen LogP contribution in [-0.2, 0) is 9.53 Å². The van der Waals surface area contributed by atoms with Gasteiger partial charge in [-0.2, -0.15) is 0 Å². The van der Waals surface area contributed by atoms with Crippen molar-refractivity contribution in [1.29, 1.82) is 0 Å². The first-order chi connectivity index (χ1) is 9.56. The smallest absolute Gasteiger partial charge is 0.224 e. The molecule has 3 atom stereocenters. The zero-order chi connectivity index (χ0) is 14.5. The van der Waals surface area contributed by atoms with Gasteiger partial charge in [0.2, 0.25) is 5.91 Å². The maximum Gasteiger partial charge on any atom is 0.224 e. The lowest BCUT2D eigenvalue weighted by Crippen LogP contribution is -2.45. The van der Waals surface area contributed by atoms with Crippen molar-refractivity contribution in [3.63, 3.8) is 0 Å². The Kier molecular flexibility index (Phi) is 5.85. The second kappa shape index (κ2) is 7.41. The molecule has 0 saturated carbocycles. The molecule has 1 N–H and O–H groups in total. The molecule has 0 aromatic heterocycles. The summed E-state index contributed by atoms with van der Waals surface area (Å²) in [6, 6.07) is 0.930. The lowest BCUT2D eigenvalue weighted by Gasteiger charge is -2.34. The minimum atomic E-state index is 0.317. The van der Waals surface area contributed by atoms with Crippen molar-refractivity contribution < 1.29 is 9.53 Å². The highest BCUT2D eigenvalue weighted by molar-refractivity contribution is 5.76. The number of hydrogen-bond acceptors (Lipinski definition) is 3. The van der Waals surface area contributed by atoms with Gasteiger partial charge in [0.1, 0.15) is 0 Å². The Balaban J connectivity index is 1.68. The van der Waals surface area contributed by atoms with Crippen LogP contribution in [0.4, 0.5) is 0 Å². The highest BCUT2D eigenvalue weighted by Gasteiger charge is 2.25. The maximum atomic E-state index is 12.2. The largest absolute Gasteiger partial charge is 0.375 e. The summed E-state index contributed by atoms with van der Waals surface area (Å²) < 4.78 is 5.74. The van der Waals surface area contributed by atoms with Crippen molar-refractivity contribution in [2.24, 2.45) is 0 Å². The molecule has 0 aromatic carbocycles. The standard InChI is InChI=1S/C16H30N2O2/c1-12-6-4-5-9-18(12)16(19)7-8-17-15-10-13(2)20-14(3)11-15/h12-15,17H,4-11H2,1-3H3/t12-,13+,14+/m0/s1. The third-order valence-electron chi connectivity index (χ3n) is 4.59. The number of nitrogens with one attached hydrogen (secondary N) is 1. The number of ether oxygens (including phenoxy) is 1. The van der Waals surface area contributed by atoms with E-state index in [1.165, 1.54) is 12.8 Å². The van der Waals surface area contributed by atoms with E-state index >= 15 is 0 Å². The van der Waals surface area contributed by atoms with Crippen molar-refractivity contribution >= 4 is 5.91 Å². The van der Waals surface area contributed by atoms with Crippen LogP contribution in [0.25, 0.3) is 0 Å². The number of amides is 1. The molecule has 4 nitrogen and oxygen atoms in total. The highest BCUT2D eigenvalue weighted by atomic mass is 16.5. The summed E-state index contributed by atoms with van der Waals surface area (Å²) in [5.74, 6) is 0.317.